The second-order valence-electron chi connectivity index (χ2n) is 5.98. The number of aliphatic hydroxyl groups is 2. The van der Waals surface area contributed by atoms with Crippen LogP contribution in [0.2, 0.25) is 0 Å². The average molecular weight is 272 g/mol. The van der Waals surface area contributed by atoms with Crippen LogP contribution in [0.1, 0.15) is 97.3 Å². The largest absolute Gasteiger partial charge is 0.396 e. The molecule has 0 fully saturated rings. The lowest BCUT2D eigenvalue weighted by molar-refractivity contribution is 0.00224. The third-order valence-electron chi connectivity index (χ3n) is 4.23. The smallest absolute Gasteiger partial charge is 0.0667 e. The van der Waals surface area contributed by atoms with Crippen LogP contribution >= 0.6 is 0 Å². The van der Waals surface area contributed by atoms with E-state index in [4.69, 9.17) is 5.11 Å². The van der Waals surface area contributed by atoms with E-state index in [2.05, 4.69) is 6.92 Å². The molecule has 2 nitrogen and oxygen atoms in total. The van der Waals surface area contributed by atoms with Crippen LogP contribution in [-0.4, -0.2) is 22.4 Å². The summed E-state index contributed by atoms with van der Waals surface area (Å²) >= 11 is 0. The first kappa shape index (κ1) is 18.9. The van der Waals surface area contributed by atoms with Gasteiger partial charge in [-0.2, -0.15) is 0 Å². The molecule has 2 N–H and O–H groups in total. The van der Waals surface area contributed by atoms with E-state index in [1.807, 2.05) is 6.92 Å². The zero-order chi connectivity index (χ0) is 14.4. The highest BCUT2D eigenvalue weighted by Gasteiger charge is 2.22. The molecule has 0 rings (SSSR count). The van der Waals surface area contributed by atoms with Crippen LogP contribution in [0.3, 0.4) is 0 Å². The van der Waals surface area contributed by atoms with E-state index in [0.29, 0.717) is 6.42 Å². The van der Waals surface area contributed by atoms with E-state index < -0.39 is 5.60 Å². The second kappa shape index (κ2) is 12.9. The molecule has 0 aromatic carbocycles. The van der Waals surface area contributed by atoms with Crippen molar-refractivity contribution in [3.8, 4) is 0 Å². The fourth-order valence-electron chi connectivity index (χ4n) is 2.63. The van der Waals surface area contributed by atoms with Gasteiger partial charge < -0.3 is 10.2 Å². The summed E-state index contributed by atoms with van der Waals surface area (Å²) in [7, 11) is 0. The van der Waals surface area contributed by atoms with Gasteiger partial charge in [-0.05, 0) is 19.3 Å². The minimum Gasteiger partial charge on any atom is -0.396 e. The Morgan fingerprint density at radius 1 is 0.684 bits per heavy atom. The fourth-order valence-corrected chi connectivity index (χ4v) is 2.63. The summed E-state index contributed by atoms with van der Waals surface area (Å²) in [4.78, 5) is 0. The van der Waals surface area contributed by atoms with E-state index in [1.54, 1.807) is 0 Å². The van der Waals surface area contributed by atoms with Gasteiger partial charge in [0.1, 0.15) is 0 Å². The van der Waals surface area contributed by atoms with Crippen LogP contribution in [0.15, 0.2) is 0 Å². The van der Waals surface area contributed by atoms with Crippen molar-refractivity contribution in [1.29, 1.82) is 0 Å². The molecule has 0 amide bonds. The Kier molecular flexibility index (Phi) is 12.9. The van der Waals surface area contributed by atoms with Gasteiger partial charge >= 0.3 is 0 Å². The van der Waals surface area contributed by atoms with Gasteiger partial charge in [-0.25, -0.2) is 0 Å². The maximum absolute atomic E-state index is 10.2. The molecule has 0 bridgehead atoms. The Hall–Kier alpha value is -0.0800. The summed E-state index contributed by atoms with van der Waals surface area (Å²) in [5.74, 6) is 0. The topological polar surface area (TPSA) is 40.5 Å². The zero-order valence-corrected chi connectivity index (χ0v) is 13.3. The van der Waals surface area contributed by atoms with Gasteiger partial charge in [-0.3, -0.25) is 0 Å². The summed E-state index contributed by atoms with van der Waals surface area (Å²) < 4.78 is 0. The van der Waals surface area contributed by atoms with Crippen LogP contribution in [0.5, 0.6) is 0 Å². The summed E-state index contributed by atoms with van der Waals surface area (Å²) in [5.41, 5.74) is -0.616. The first-order valence-corrected chi connectivity index (χ1v) is 8.51. The average Bonchev–Trinajstić information content (AvgIpc) is 2.41. The summed E-state index contributed by atoms with van der Waals surface area (Å²) in [6, 6.07) is 0. The normalized spacial score (nSPS) is 14.5. The molecule has 0 aliphatic heterocycles. The molecule has 0 aliphatic rings. The van der Waals surface area contributed by atoms with Crippen LogP contribution in [0.4, 0.5) is 0 Å². The standard InChI is InChI=1S/C17H36O2/c1-3-5-6-7-8-9-10-11-12-13-14-17(19,4-2)15-16-18/h18-19H,3-16H2,1-2H3. The second-order valence-corrected chi connectivity index (χ2v) is 5.98. The van der Waals surface area contributed by atoms with E-state index in [-0.39, 0.29) is 6.61 Å². The van der Waals surface area contributed by atoms with Crippen LogP contribution in [-0.2, 0) is 0 Å². The Labute approximate surface area is 120 Å². The van der Waals surface area contributed by atoms with Gasteiger partial charge in [-0.1, -0.05) is 78.1 Å². The molecule has 0 spiro atoms. The lowest BCUT2D eigenvalue weighted by atomic mass is 9.90. The van der Waals surface area contributed by atoms with Crippen molar-refractivity contribution < 1.29 is 10.2 Å². The summed E-state index contributed by atoms with van der Waals surface area (Å²) in [5, 5.41) is 19.1. The Morgan fingerprint density at radius 2 is 1.16 bits per heavy atom. The third-order valence-corrected chi connectivity index (χ3v) is 4.23. The number of unbranched alkanes of at least 4 members (excludes halogenated alkanes) is 9. The van der Waals surface area contributed by atoms with E-state index in [9.17, 15) is 5.11 Å². The predicted octanol–water partition coefficient (Wildman–Crippen LogP) is 4.82. The molecule has 2 heteroatoms. The SMILES string of the molecule is CCCCCCCCCCCCC(O)(CC)CCO. The van der Waals surface area contributed by atoms with Crippen molar-refractivity contribution in [2.45, 2.75) is 103 Å². The fraction of sp³-hybridized carbons (Fsp3) is 1.00. The summed E-state index contributed by atoms with van der Waals surface area (Å²) in [6.45, 7) is 4.36. The van der Waals surface area contributed by atoms with Crippen LogP contribution in [0, 0.1) is 0 Å². The number of aliphatic hydroxyl groups excluding tert-OH is 1. The first-order valence-electron chi connectivity index (χ1n) is 8.51. The lowest BCUT2D eigenvalue weighted by Gasteiger charge is -2.25. The Bertz CT molecular complexity index is 182. The highest BCUT2D eigenvalue weighted by Crippen LogP contribution is 2.23. The molecule has 19 heavy (non-hydrogen) atoms. The zero-order valence-electron chi connectivity index (χ0n) is 13.3. The summed E-state index contributed by atoms with van der Waals surface area (Å²) in [6.07, 6.45) is 15.4. The predicted molar refractivity (Wildman–Crippen MR) is 83.4 cm³/mol. The van der Waals surface area contributed by atoms with Crippen molar-refractivity contribution in [3.05, 3.63) is 0 Å². The van der Waals surface area contributed by atoms with Crippen molar-refractivity contribution in [2.75, 3.05) is 6.61 Å². The molecule has 1 atom stereocenters. The molecule has 116 valence electrons. The van der Waals surface area contributed by atoms with E-state index in [0.717, 1.165) is 19.3 Å². The van der Waals surface area contributed by atoms with E-state index >= 15 is 0 Å². The Balaban J connectivity index is 3.30. The maximum Gasteiger partial charge on any atom is 0.0667 e. The van der Waals surface area contributed by atoms with Gasteiger partial charge in [0.05, 0.1) is 5.60 Å². The molecular formula is C17H36O2. The number of hydrogen-bond acceptors (Lipinski definition) is 2. The molecule has 0 aromatic heterocycles. The van der Waals surface area contributed by atoms with Crippen LogP contribution in [0.25, 0.3) is 0 Å². The first-order chi connectivity index (χ1) is 9.18. The van der Waals surface area contributed by atoms with Gasteiger partial charge in [-0.15, -0.1) is 0 Å². The quantitative estimate of drug-likeness (QED) is 0.445. The minimum atomic E-state index is -0.616. The number of hydrogen-bond donors (Lipinski definition) is 2. The minimum absolute atomic E-state index is 0.0993. The van der Waals surface area contributed by atoms with Gasteiger partial charge in [0, 0.05) is 6.61 Å². The monoisotopic (exact) mass is 272 g/mol. The van der Waals surface area contributed by atoms with E-state index in [1.165, 1.54) is 57.8 Å². The molecule has 0 aliphatic carbocycles. The molecule has 0 heterocycles. The third kappa shape index (κ3) is 11.4. The Morgan fingerprint density at radius 3 is 1.58 bits per heavy atom. The molecule has 0 aromatic rings. The molecular weight excluding hydrogens is 236 g/mol. The van der Waals surface area contributed by atoms with Crippen molar-refractivity contribution >= 4 is 0 Å². The van der Waals surface area contributed by atoms with Crippen molar-refractivity contribution in [1.82, 2.24) is 0 Å². The molecule has 0 saturated heterocycles. The van der Waals surface area contributed by atoms with Crippen molar-refractivity contribution in [2.24, 2.45) is 0 Å². The maximum atomic E-state index is 10.2. The molecule has 0 saturated carbocycles. The molecule has 1 unspecified atom stereocenters. The van der Waals surface area contributed by atoms with Gasteiger partial charge in [0.15, 0.2) is 0 Å². The number of rotatable bonds is 14. The van der Waals surface area contributed by atoms with Gasteiger partial charge in [0.25, 0.3) is 0 Å². The van der Waals surface area contributed by atoms with Crippen molar-refractivity contribution in [3.63, 3.8) is 0 Å². The highest BCUT2D eigenvalue weighted by molar-refractivity contribution is 4.76. The lowest BCUT2D eigenvalue weighted by Crippen LogP contribution is -2.28. The highest BCUT2D eigenvalue weighted by atomic mass is 16.3. The molecule has 0 radical (unpaired) electrons. The van der Waals surface area contributed by atoms with Crippen LogP contribution < -0.4 is 0 Å². The van der Waals surface area contributed by atoms with Gasteiger partial charge in [0.2, 0.25) is 0 Å².